The van der Waals surface area contributed by atoms with Gasteiger partial charge in [0.2, 0.25) is 0 Å². The lowest BCUT2D eigenvalue weighted by atomic mass is 9.91. The predicted molar refractivity (Wildman–Crippen MR) is 119 cm³/mol. The van der Waals surface area contributed by atoms with Crippen LogP contribution < -0.4 is 25.8 Å². The Morgan fingerprint density at radius 3 is 2.61 bits per heavy atom. The molecule has 1 aromatic rings. The average Bonchev–Trinajstić information content (AvgIpc) is 3.16. The minimum Gasteiger partial charge on any atom is -0.497 e. The standard InChI is InChI=1S/C20H22N4O8S/c1-30-9-3-4-11(12(7-9)31-2)23-20(21)22-8-13-15-10(5-6-32-13)14(18(26)27)17(33-15)24-16(25)19(28)29/h3-7,10,13,15H,8H2,1-2H3,(H,24,25)(H,26,27)(H,28,29)(H3,21,22,23). The fraction of sp³-hybridized carbons (Fsp3) is 0.300. The highest BCUT2D eigenvalue weighted by Gasteiger charge is 2.45. The number of hydrogen-bond acceptors (Lipinski definition) is 8. The number of ether oxygens (including phenoxy) is 3. The number of nitrogens with two attached hydrogens (primary N) is 1. The van der Waals surface area contributed by atoms with Crippen molar-refractivity contribution in [1.82, 2.24) is 5.32 Å². The molecule has 13 heteroatoms. The van der Waals surface area contributed by atoms with E-state index in [1.54, 1.807) is 24.3 Å². The van der Waals surface area contributed by atoms with Crippen LogP contribution in [-0.2, 0) is 19.1 Å². The number of carbonyl (C=O) groups excluding carboxylic acids is 1. The Bertz CT molecular complexity index is 1050. The number of anilines is 1. The zero-order valence-electron chi connectivity index (χ0n) is 17.6. The SMILES string of the molecule is COc1ccc(NC(N)=NCC2OC=CC3C(C(=O)O)=C(NC(=O)C(=O)O)SC23)c(OC)c1. The maximum absolute atomic E-state index is 11.8. The number of amides is 1. The highest BCUT2D eigenvalue weighted by atomic mass is 32.2. The molecule has 0 spiro atoms. The Hall–Kier alpha value is -3.87. The Morgan fingerprint density at radius 2 is 1.97 bits per heavy atom. The van der Waals surface area contributed by atoms with Gasteiger partial charge in [0, 0.05) is 12.0 Å². The van der Waals surface area contributed by atoms with Gasteiger partial charge in [0.05, 0.1) is 48.6 Å². The molecule has 2 aliphatic rings. The van der Waals surface area contributed by atoms with Crippen molar-refractivity contribution in [2.24, 2.45) is 16.6 Å². The highest BCUT2D eigenvalue weighted by molar-refractivity contribution is 8.04. The number of aliphatic carboxylic acids is 2. The van der Waals surface area contributed by atoms with Crippen molar-refractivity contribution in [2.75, 3.05) is 26.1 Å². The second-order valence-electron chi connectivity index (χ2n) is 6.84. The Morgan fingerprint density at radius 1 is 1.21 bits per heavy atom. The van der Waals surface area contributed by atoms with E-state index >= 15 is 0 Å². The van der Waals surface area contributed by atoms with Gasteiger partial charge in [0.25, 0.3) is 0 Å². The minimum absolute atomic E-state index is 0.0388. The van der Waals surface area contributed by atoms with E-state index in [2.05, 4.69) is 15.6 Å². The second-order valence-corrected chi connectivity index (χ2v) is 8.02. The van der Waals surface area contributed by atoms with Crippen molar-refractivity contribution in [3.8, 4) is 11.5 Å². The molecule has 2 heterocycles. The zero-order valence-corrected chi connectivity index (χ0v) is 18.4. The molecule has 3 atom stereocenters. The van der Waals surface area contributed by atoms with E-state index in [1.807, 2.05) is 0 Å². The number of hydrogen-bond donors (Lipinski definition) is 5. The molecule has 0 aromatic heterocycles. The molecule has 12 nitrogen and oxygen atoms in total. The lowest BCUT2D eigenvalue weighted by Crippen LogP contribution is -2.37. The molecular formula is C20H22N4O8S. The molecule has 0 saturated carbocycles. The molecule has 0 aliphatic carbocycles. The third-order valence-electron chi connectivity index (χ3n) is 4.86. The van der Waals surface area contributed by atoms with Gasteiger partial charge in [-0.2, -0.15) is 0 Å². The number of nitrogens with one attached hydrogen (secondary N) is 2. The number of thioether (sulfide) groups is 1. The van der Waals surface area contributed by atoms with E-state index in [1.165, 1.54) is 20.5 Å². The molecule has 33 heavy (non-hydrogen) atoms. The molecule has 6 N–H and O–H groups in total. The van der Waals surface area contributed by atoms with Crippen LogP contribution in [0.15, 0.2) is 46.1 Å². The maximum atomic E-state index is 11.8. The van der Waals surface area contributed by atoms with E-state index < -0.39 is 35.1 Å². The van der Waals surface area contributed by atoms with Crippen LogP contribution in [-0.4, -0.2) is 66.1 Å². The lowest BCUT2D eigenvalue weighted by molar-refractivity contribution is -0.149. The Labute approximate surface area is 192 Å². The number of benzene rings is 1. The molecular weight excluding hydrogens is 456 g/mol. The first-order valence-electron chi connectivity index (χ1n) is 9.54. The van der Waals surface area contributed by atoms with Gasteiger partial charge in [-0.25, -0.2) is 14.6 Å². The van der Waals surface area contributed by atoms with Crippen LogP contribution in [0.2, 0.25) is 0 Å². The Kier molecular flexibility index (Phi) is 7.33. The van der Waals surface area contributed by atoms with Crippen LogP contribution in [0.5, 0.6) is 11.5 Å². The van der Waals surface area contributed by atoms with E-state index in [4.69, 9.17) is 25.1 Å². The fourth-order valence-corrected chi connectivity index (χ4v) is 4.77. The van der Waals surface area contributed by atoms with Crippen molar-refractivity contribution in [3.05, 3.63) is 41.1 Å². The quantitative estimate of drug-likeness (QED) is 0.210. The largest absolute Gasteiger partial charge is 0.497 e. The van der Waals surface area contributed by atoms with Gasteiger partial charge in [0.15, 0.2) is 5.96 Å². The summed E-state index contributed by atoms with van der Waals surface area (Å²) >= 11 is 1.01. The summed E-state index contributed by atoms with van der Waals surface area (Å²) in [6, 6.07) is 5.11. The third-order valence-corrected chi connectivity index (χ3v) is 6.28. The second kappa shape index (κ2) is 10.2. The van der Waals surface area contributed by atoms with Crippen LogP contribution in [0.25, 0.3) is 0 Å². The third kappa shape index (κ3) is 5.31. The number of guanidine groups is 1. The summed E-state index contributed by atoms with van der Waals surface area (Å²) < 4.78 is 16.1. The van der Waals surface area contributed by atoms with Gasteiger partial charge in [-0.05, 0) is 18.2 Å². The van der Waals surface area contributed by atoms with Crippen LogP contribution >= 0.6 is 11.8 Å². The van der Waals surface area contributed by atoms with Gasteiger partial charge in [-0.1, -0.05) is 11.8 Å². The van der Waals surface area contributed by atoms with Crippen LogP contribution in [0.3, 0.4) is 0 Å². The molecule has 3 rings (SSSR count). The summed E-state index contributed by atoms with van der Waals surface area (Å²) in [6.45, 7) is 0.0723. The molecule has 1 amide bonds. The minimum atomic E-state index is -1.72. The molecule has 1 aromatic carbocycles. The normalized spacial score (nSPS) is 21.6. The summed E-state index contributed by atoms with van der Waals surface area (Å²) in [5.41, 5.74) is 6.45. The number of carbonyl (C=O) groups is 3. The number of aliphatic imine (C=N–C) groups is 1. The van der Waals surface area contributed by atoms with Gasteiger partial charge >= 0.3 is 17.8 Å². The van der Waals surface area contributed by atoms with Crippen LogP contribution in [0, 0.1) is 5.92 Å². The topological polar surface area (TPSA) is 182 Å². The first-order chi connectivity index (χ1) is 15.7. The maximum Gasteiger partial charge on any atom is 0.394 e. The summed E-state index contributed by atoms with van der Waals surface area (Å²) in [5, 5.41) is 23.0. The van der Waals surface area contributed by atoms with Gasteiger partial charge in [-0.3, -0.25) is 4.79 Å². The van der Waals surface area contributed by atoms with E-state index in [-0.39, 0.29) is 23.1 Å². The summed E-state index contributed by atoms with van der Waals surface area (Å²) in [5.74, 6) is -3.75. The average molecular weight is 478 g/mol. The molecule has 0 saturated heterocycles. The molecule has 0 fully saturated rings. The van der Waals surface area contributed by atoms with Crippen molar-refractivity contribution in [2.45, 2.75) is 11.4 Å². The molecule has 176 valence electrons. The number of nitrogens with zero attached hydrogens (tertiary/aromatic N) is 1. The monoisotopic (exact) mass is 478 g/mol. The molecule has 2 aliphatic heterocycles. The van der Waals surface area contributed by atoms with Crippen molar-refractivity contribution in [1.29, 1.82) is 0 Å². The fourth-order valence-electron chi connectivity index (χ4n) is 3.32. The zero-order chi connectivity index (χ0) is 24.1. The summed E-state index contributed by atoms with van der Waals surface area (Å²) in [4.78, 5) is 38.5. The van der Waals surface area contributed by atoms with Gasteiger partial charge in [-0.15, -0.1) is 0 Å². The van der Waals surface area contributed by atoms with E-state index in [9.17, 15) is 19.5 Å². The van der Waals surface area contributed by atoms with Crippen molar-refractivity contribution < 1.29 is 38.8 Å². The van der Waals surface area contributed by atoms with Crippen molar-refractivity contribution in [3.63, 3.8) is 0 Å². The lowest BCUT2D eigenvalue weighted by Gasteiger charge is -2.29. The van der Waals surface area contributed by atoms with Crippen molar-refractivity contribution >= 4 is 41.3 Å². The van der Waals surface area contributed by atoms with E-state index in [0.717, 1.165) is 11.8 Å². The number of carboxylic acids is 2. The van der Waals surface area contributed by atoms with Gasteiger partial charge in [0.1, 0.15) is 17.6 Å². The first-order valence-corrected chi connectivity index (χ1v) is 10.4. The van der Waals surface area contributed by atoms with Crippen LogP contribution in [0.1, 0.15) is 0 Å². The highest BCUT2D eigenvalue weighted by Crippen LogP contribution is 2.46. The van der Waals surface area contributed by atoms with Gasteiger partial charge < -0.3 is 40.8 Å². The number of fused-ring (bicyclic) bond motifs is 1. The number of methoxy groups -OCH3 is 2. The molecule has 3 unspecified atom stereocenters. The molecule has 0 radical (unpaired) electrons. The first kappa shape index (κ1) is 23.8. The number of carboxylic acid groups (broad SMARTS) is 2. The summed E-state index contributed by atoms with van der Waals surface area (Å²) in [6.07, 6.45) is 2.32. The predicted octanol–water partition coefficient (Wildman–Crippen LogP) is 0.572. The smallest absolute Gasteiger partial charge is 0.394 e. The number of allylic oxidation sites excluding steroid dienone is 1. The Balaban J connectivity index is 1.72. The summed E-state index contributed by atoms with van der Waals surface area (Å²) in [7, 11) is 3.04. The van der Waals surface area contributed by atoms with E-state index in [0.29, 0.717) is 17.2 Å². The molecule has 0 bridgehead atoms. The number of rotatable bonds is 7. The van der Waals surface area contributed by atoms with Crippen LogP contribution in [0.4, 0.5) is 5.69 Å².